The summed E-state index contributed by atoms with van der Waals surface area (Å²) in [5.74, 6) is -3.03. The number of carbonyl (C=O) groups excluding carboxylic acids is 2. The lowest BCUT2D eigenvalue weighted by atomic mass is 10.1. The average Bonchev–Trinajstić information content (AvgIpc) is 2.55. The van der Waals surface area contributed by atoms with Crippen molar-refractivity contribution in [1.29, 1.82) is 0 Å². The van der Waals surface area contributed by atoms with Crippen molar-refractivity contribution in [1.82, 2.24) is 0 Å². The molecular formula is C17H13ClF2O4. The lowest BCUT2D eigenvalue weighted by molar-refractivity contribution is 0.0469. The maximum Gasteiger partial charge on any atom is 0.340 e. The molecule has 0 aliphatic rings. The highest BCUT2D eigenvalue weighted by atomic mass is 35.5. The number of rotatable bonds is 5. The maximum absolute atomic E-state index is 13.2. The molecule has 0 heterocycles. The number of benzene rings is 2. The third kappa shape index (κ3) is 3.89. The van der Waals surface area contributed by atoms with Gasteiger partial charge in [0, 0.05) is 11.1 Å². The third-order valence-electron chi connectivity index (χ3n) is 3.28. The zero-order valence-corrected chi connectivity index (χ0v) is 13.6. The number of carbonyl (C=O) groups is 2. The van der Waals surface area contributed by atoms with Gasteiger partial charge in [0.05, 0.1) is 17.7 Å². The Hall–Kier alpha value is -2.47. The van der Waals surface area contributed by atoms with Crippen molar-refractivity contribution in [3.8, 4) is 5.75 Å². The van der Waals surface area contributed by atoms with Gasteiger partial charge in [-0.15, -0.1) is 0 Å². The summed E-state index contributed by atoms with van der Waals surface area (Å²) in [5, 5.41) is -0.261. The van der Waals surface area contributed by atoms with Crippen LogP contribution in [0.3, 0.4) is 0 Å². The van der Waals surface area contributed by atoms with Crippen molar-refractivity contribution in [2.45, 2.75) is 13.5 Å². The fourth-order valence-electron chi connectivity index (χ4n) is 2.01. The molecule has 0 N–H and O–H groups in total. The summed E-state index contributed by atoms with van der Waals surface area (Å²) in [6.45, 7) is 1.18. The Labute approximate surface area is 141 Å². The van der Waals surface area contributed by atoms with E-state index in [0.29, 0.717) is 29.0 Å². The minimum atomic E-state index is -1.21. The van der Waals surface area contributed by atoms with E-state index in [1.807, 2.05) is 0 Å². The van der Waals surface area contributed by atoms with Gasteiger partial charge in [0.25, 0.3) is 0 Å². The SMILES string of the molecule is COc1ccc(C(C)=O)cc1COC(=O)c1cc(F)c(F)cc1Cl. The highest BCUT2D eigenvalue weighted by Gasteiger charge is 2.17. The van der Waals surface area contributed by atoms with Crippen molar-refractivity contribution < 1.29 is 27.8 Å². The molecule has 0 amide bonds. The molecular weight excluding hydrogens is 342 g/mol. The third-order valence-corrected chi connectivity index (χ3v) is 3.59. The zero-order chi connectivity index (χ0) is 17.9. The number of Topliss-reactive ketones (excluding diaryl/α,β-unsaturated/α-hetero) is 1. The molecule has 126 valence electrons. The predicted molar refractivity (Wildman–Crippen MR) is 83.5 cm³/mol. The van der Waals surface area contributed by atoms with Gasteiger partial charge in [-0.1, -0.05) is 11.6 Å². The van der Waals surface area contributed by atoms with E-state index in [0.717, 1.165) is 0 Å². The number of hydrogen-bond donors (Lipinski definition) is 0. The first-order valence-corrected chi connectivity index (χ1v) is 7.20. The van der Waals surface area contributed by atoms with Crippen LogP contribution < -0.4 is 4.74 Å². The van der Waals surface area contributed by atoms with Crippen LogP contribution in [0.15, 0.2) is 30.3 Å². The molecule has 0 spiro atoms. The highest BCUT2D eigenvalue weighted by Crippen LogP contribution is 2.24. The molecule has 2 aromatic carbocycles. The number of halogens is 3. The van der Waals surface area contributed by atoms with Crippen LogP contribution in [-0.4, -0.2) is 18.9 Å². The Morgan fingerprint density at radius 3 is 2.42 bits per heavy atom. The van der Waals surface area contributed by atoms with Gasteiger partial charge in [0.1, 0.15) is 12.4 Å². The van der Waals surface area contributed by atoms with Crippen LogP contribution in [0.25, 0.3) is 0 Å². The van der Waals surface area contributed by atoms with E-state index in [4.69, 9.17) is 21.1 Å². The van der Waals surface area contributed by atoms with E-state index in [2.05, 4.69) is 0 Å². The Balaban J connectivity index is 2.21. The Kier molecular flexibility index (Phi) is 5.51. The van der Waals surface area contributed by atoms with Gasteiger partial charge in [0.2, 0.25) is 0 Å². The monoisotopic (exact) mass is 354 g/mol. The van der Waals surface area contributed by atoms with E-state index >= 15 is 0 Å². The van der Waals surface area contributed by atoms with Crippen LogP contribution in [-0.2, 0) is 11.3 Å². The molecule has 4 nitrogen and oxygen atoms in total. The molecule has 0 fully saturated rings. The number of methoxy groups -OCH3 is 1. The zero-order valence-electron chi connectivity index (χ0n) is 12.9. The second-order valence-corrected chi connectivity index (χ2v) is 5.31. The Bertz CT molecular complexity index is 805. The number of ether oxygens (including phenoxy) is 2. The van der Waals surface area contributed by atoms with Gasteiger partial charge in [-0.3, -0.25) is 4.79 Å². The molecule has 0 radical (unpaired) electrons. The summed E-state index contributed by atoms with van der Waals surface area (Å²) in [4.78, 5) is 23.4. The molecule has 0 bridgehead atoms. The molecule has 0 saturated heterocycles. The van der Waals surface area contributed by atoms with Gasteiger partial charge in [0.15, 0.2) is 17.4 Å². The fraction of sp³-hybridized carbons (Fsp3) is 0.176. The van der Waals surface area contributed by atoms with Crippen LogP contribution in [0, 0.1) is 11.6 Å². The topological polar surface area (TPSA) is 52.6 Å². The number of ketones is 1. The molecule has 0 saturated carbocycles. The predicted octanol–water partition coefficient (Wildman–Crippen LogP) is 4.19. The molecule has 0 aromatic heterocycles. The fourth-order valence-corrected chi connectivity index (χ4v) is 2.24. The first kappa shape index (κ1) is 17.9. The molecule has 0 aliphatic carbocycles. The van der Waals surface area contributed by atoms with Gasteiger partial charge in [-0.05, 0) is 37.3 Å². The van der Waals surface area contributed by atoms with Crippen molar-refractivity contribution in [2.24, 2.45) is 0 Å². The van der Waals surface area contributed by atoms with Gasteiger partial charge in [-0.25, -0.2) is 13.6 Å². The largest absolute Gasteiger partial charge is 0.496 e. The van der Waals surface area contributed by atoms with E-state index < -0.39 is 17.6 Å². The lowest BCUT2D eigenvalue weighted by Gasteiger charge is -2.11. The maximum atomic E-state index is 13.2. The van der Waals surface area contributed by atoms with Gasteiger partial charge in [-0.2, -0.15) is 0 Å². The molecule has 0 atom stereocenters. The summed E-state index contributed by atoms with van der Waals surface area (Å²) in [5.41, 5.74) is 0.585. The molecule has 7 heteroatoms. The quantitative estimate of drug-likeness (QED) is 0.459. The van der Waals surface area contributed by atoms with Crippen LogP contribution in [0.5, 0.6) is 5.75 Å². The number of hydrogen-bond acceptors (Lipinski definition) is 4. The first-order chi connectivity index (χ1) is 11.3. The molecule has 24 heavy (non-hydrogen) atoms. The molecule has 2 aromatic rings. The smallest absolute Gasteiger partial charge is 0.340 e. The normalized spacial score (nSPS) is 10.4. The highest BCUT2D eigenvalue weighted by molar-refractivity contribution is 6.33. The van der Waals surface area contributed by atoms with E-state index in [1.165, 1.54) is 20.1 Å². The minimum absolute atomic E-state index is 0.158. The summed E-state index contributed by atoms with van der Waals surface area (Å²) in [6, 6.07) is 6.05. The van der Waals surface area contributed by atoms with E-state index in [9.17, 15) is 18.4 Å². The second kappa shape index (κ2) is 7.40. The van der Waals surface area contributed by atoms with Crippen molar-refractivity contribution in [3.63, 3.8) is 0 Å². The summed E-state index contributed by atoms with van der Waals surface area (Å²) in [7, 11) is 1.43. The summed E-state index contributed by atoms with van der Waals surface area (Å²) >= 11 is 5.73. The van der Waals surface area contributed by atoms with Crippen LogP contribution in [0.1, 0.15) is 33.2 Å². The molecule has 0 unspecified atom stereocenters. The Morgan fingerprint density at radius 1 is 1.12 bits per heavy atom. The first-order valence-electron chi connectivity index (χ1n) is 6.83. The Morgan fingerprint density at radius 2 is 1.79 bits per heavy atom. The lowest BCUT2D eigenvalue weighted by Crippen LogP contribution is -2.08. The van der Waals surface area contributed by atoms with E-state index in [-0.39, 0.29) is 23.0 Å². The minimum Gasteiger partial charge on any atom is -0.496 e. The van der Waals surface area contributed by atoms with Crippen molar-refractivity contribution in [3.05, 3.63) is 63.7 Å². The van der Waals surface area contributed by atoms with Crippen LogP contribution in [0.2, 0.25) is 5.02 Å². The van der Waals surface area contributed by atoms with Gasteiger partial charge < -0.3 is 9.47 Å². The van der Waals surface area contributed by atoms with Crippen molar-refractivity contribution >= 4 is 23.4 Å². The molecule has 2 rings (SSSR count). The van der Waals surface area contributed by atoms with Crippen molar-refractivity contribution in [2.75, 3.05) is 7.11 Å². The summed E-state index contributed by atoms with van der Waals surface area (Å²) in [6.07, 6.45) is 0. The summed E-state index contributed by atoms with van der Waals surface area (Å²) < 4.78 is 36.5. The number of esters is 1. The standard InChI is InChI=1S/C17H13ClF2O4/c1-9(21)10-3-4-16(23-2)11(5-10)8-24-17(22)12-6-14(19)15(20)7-13(12)18/h3-7H,8H2,1-2H3. The average molecular weight is 355 g/mol. The van der Waals surface area contributed by atoms with Gasteiger partial charge >= 0.3 is 5.97 Å². The van der Waals surface area contributed by atoms with E-state index in [1.54, 1.807) is 12.1 Å². The molecule has 0 aliphatic heterocycles. The van der Waals surface area contributed by atoms with Crippen LogP contribution in [0.4, 0.5) is 8.78 Å². The van der Waals surface area contributed by atoms with Crippen LogP contribution >= 0.6 is 11.6 Å². The second-order valence-electron chi connectivity index (χ2n) is 4.91.